The van der Waals surface area contributed by atoms with Crippen LogP contribution in [0.2, 0.25) is 0 Å². The summed E-state index contributed by atoms with van der Waals surface area (Å²) in [5.74, 6) is 0. The first-order valence-electron chi connectivity index (χ1n) is 0.975. The fourth-order valence-corrected chi connectivity index (χ4v) is 0. The van der Waals surface area contributed by atoms with Crippen molar-refractivity contribution < 1.29 is 28.0 Å². The van der Waals surface area contributed by atoms with Crippen molar-refractivity contribution in [2.45, 2.75) is 2.33 Å². The average Bonchev–Trinajstić information content (AvgIpc) is 1.35. The van der Waals surface area contributed by atoms with E-state index in [-0.39, 0.29) is 0 Å². The molecule has 6 heavy (non-hydrogen) atoms. The van der Waals surface area contributed by atoms with Crippen LogP contribution in [0.1, 0.15) is 0 Å². The third-order valence-corrected chi connectivity index (χ3v) is 3.56. The molecule has 0 aromatic rings. The molecule has 0 aromatic carbocycles. The third kappa shape index (κ3) is 6.28. The van der Waals surface area contributed by atoms with E-state index in [2.05, 4.69) is 47.8 Å². The van der Waals surface area contributed by atoms with Crippen LogP contribution in [-0.2, 0) is 28.0 Å². The molecule has 35 valence electrons. The number of hydrogen-bond acceptors (Lipinski definition) is 1. The standard InChI is InChI=1S/CBr3O.Zr/c2-1(3,4)5;/q-1;+1. The van der Waals surface area contributed by atoms with Gasteiger partial charge in [0.05, 0.1) is 0 Å². The summed E-state index contributed by atoms with van der Waals surface area (Å²) in [5, 5.41) is 0. The Morgan fingerprint density at radius 2 is 1.50 bits per heavy atom. The van der Waals surface area contributed by atoms with Gasteiger partial charge in [-0.3, -0.25) is 0 Å². The molecule has 0 spiro atoms. The molecule has 5 heteroatoms. The van der Waals surface area contributed by atoms with Crippen LogP contribution in [0.4, 0.5) is 0 Å². The first-order chi connectivity index (χ1) is 2.56. The van der Waals surface area contributed by atoms with Gasteiger partial charge in [-0.25, -0.2) is 0 Å². The van der Waals surface area contributed by atoms with Crippen molar-refractivity contribution in [3.8, 4) is 0 Å². The summed E-state index contributed by atoms with van der Waals surface area (Å²) >= 11 is 10.3. The topological polar surface area (TPSA) is 9.23 Å². The molecule has 0 bridgehead atoms. The second-order valence-electron chi connectivity index (χ2n) is 0.548. The van der Waals surface area contributed by atoms with Gasteiger partial charge in [-0.05, 0) is 0 Å². The van der Waals surface area contributed by atoms with E-state index in [0.29, 0.717) is 0 Å². The molecule has 0 radical (unpaired) electrons. The van der Waals surface area contributed by atoms with Crippen molar-refractivity contribution in [2.24, 2.45) is 0 Å². The third-order valence-electron chi connectivity index (χ3n) is 0.116. The molecule has 0 fully saturated rings. The minimum absolute atomic E-state index is 0.481. The van der Waals surface area contributed by atoms with E-state index in [1.54, 1.807) is 0 Å². The zero-order valence-electron chi connectivity index (χ0n) is 2.54. The van der Waals surface area contributed by atoms with Crippen molar-refractivity contribution in [3.05, 3.63) is 0 Å². The first kappa shape index (κ1) is 8.28. The van der Waals surface area contributed by atoms with Crippen LogP contribution in [-0.4, -0.2) is 2.33 Å². The Kier molecular flexibility index (Phi) is 4.61. The molecule has 0 heterocycles. The van der Waals surface area contributed by atoms with Crippen LogP contribution in [0.5, 0.6) is 0 Å². The van der Waals surface area contributed by atoms with Crippen molar-refractivity contribution in [3.63, 3.8) is 0 Å². The Hall–Kier alpha value is 2.28. The summed E-state index contributed by atoms with van der Waals surface area (Å²) in [7, 11) is 0. The molecule has 0 aromatic heterocycles. The summed E-state index contributed by atoms with van der Waals surface area (Å²) in [4.78, 5) is 0. The number of alkyl halides is 3. The molecule has 0 saturated heterocycles. The average molecular weight is 359 g/mol. The predicted molar refractivity (Wildman–Crippen MR) is 30.6 cm³/mol. The van der Waals surface area contributed by atoms with E-state index in [4.69, 9.17) is 2.81 Å². The van der Waals surface area contributed by atoms with Crippen LogP contribution >= 0.6 is 47.8 Å². The molecular weight excluding hydrogens is 359 g/mol. The summed E-state index contributed by atoms with van der Waals surface area (Å²) in [6.45, 7) is 0. The Morgan fingerprint density at radius 3 is 1.50 bits per heavy atom. The van der Waals surface area contributed by atoms with Gasteiger partial charge in [0.1, 0.15) is 0 Å². The van der Waals surface area contributed by atoms with E-state index >= 15 is 0 Å². The monoisotopic (exact) mass is 355 g/mol. The Bertz CT molecular complexity index is 40.5. The van der Waals surface area contributed by atoms with Gasteiger partial charge in [0.25, 0.3) is 0 Å². The van der Waals surface area contributed by atoms with Gasteiger partial charge < -0.3 is 0 Å². The maximum absolute atomic E-state index is 4.78. The number of halogens is 3. The van der Waals surface area contributed by atoms with Crippen molar-refractivity contribution in [2.75, 3.05) is 0 Å². The molecule has 0 aliphatic rings. The summed E-state index contributed by atoms with van der Waals surface area (Å²) < 4.78 is 4.30. The molecule has 0 aliphatic carbocycles. The van der Waals surface area contributed by atoms with Gasteiger partial charge in [0.2, 0.25) is 0 Å². The summed E-state index contributed by atoms with van der Waals surface area (Å²) in [5.41, 5.74) is 0. The second-order valence-corrected chi connectivity index (χ2v) is 7.59. The van der Waals surface area contributed by atoms with E-state index in [1.807, 2.05) is 0 Å². The molecule has 0 rings (SSSR count). The van der Waals surface area contributed by atoms with Crippen molar-refractivity contribution >= 4 is 47.8 Å². The Balaban J connectivity index is 3.17. The first-order valence-corrected chi connectivity index (χ1v) is 4.36. The zero-order valence-corrected chi connectivity index (χ0v) is 9.76. The Morgan fingerprint density at radius 1 is 1.33 bits per heavy atom. The van der Waals surface area contributed by atoms with Gasteiger partial charge in [0.15, 0.2) is 0 Å². The van der Waals surface area contributed by atoms with Crippen LogP contribution in [0.3, 0.4) is 0 Å². The summed E-state index contributed by atoms with van der Waals surface area (Å²) in [6.07, 6.45) is 0. The molecule has 0 N–H and O–H groups in total. The van der Waals surface area contributed by atoms with Crippen LogP contribution in [0.25, 0.3) is 0 Å². The van der Waals surface area contributed by atoms with Crippen LogP contribution in [0, 0.1) is 0 Å². The summed E-state index contributed by atoms with van der Waals surface area (Å²) in [6, 6.07) is 0. The van der Waals surface area contributed by atoms with Crippen molar-refractivity contribution in [1.29, 1.82) is 0 Å². The van der Waals surface area contributed by atoms with Gasteiger partial charge >= 0.3 is 78.1 Å². The van der Waals surface area contributed by atoms with Crippen LogP contribution < -0.4 is 0 Å². The molecule has 0 aliphatic heterocycles. The zero-order chi connectivity index (χ0) is 5.21. The molecule has 0 unspecified atom stereocenters. The quantitative estimate of drug-likeness (QED) is 0.603. The fourth-order valence-electron chi connectivity index (χ4n) is 0. The molecule has 1 nitrogen and oxygen atoms in total. The van der Waals surface area contributed by atoms with Gasteiger partial charge in [-0.15, -0.1) is 0 Å². The predicted octanol–water partition coefficient (Wildman–Crippen LogP) is 2.26. The van der Waals surface area contributed by atoms with Crippen LogP contribution in [0.15, 0.2) is 0 Å². The van der Waals surface area contributed by atoms with E-state index < -0.39 is 2.33 Å². The van der Waals surface area contributed by atoms with Gasteiger partial charge in [-0.2, -0.15) is 0 Å². The van der Waals surface area contributed by atoms with Crippen molar-refractivity contribution in [1.82, 2.24) is 0 Å². The molecule has 0 atom stereocenters. The van der Waals surface area contributed by atoms with E-state index in [0.717, 1.165) is 25.2 Å². The molecular formula is CBr3OZr. The van der Waals surface area contributed by atoms with Gasteiger partial charge in [0, 0.05) is 0 Å². The number of hydrogen-bond donors (Lipinski definition) is 0. The molecule has 0 saturated carbocycles. The van der Waals surface area contributed by atoms with E-state index in [1.165, 1.54) is 0 Å². The minimum atomic E-state index is -0.481. The second kappa shape index (κ2) is 3.34. The van der Waals surface area contributed by atoms with E-state index in [9.17, 15) is 0 Å². The maximum atomic E-state index is 4.78. The van der Waals surface area contributed by atoms with Gasteiger partial charge in [-0.1, -0.05) is 0 Å². The fraction of sp³-hybridized carbons (Fsp3) is 1.00. The molecule has 0 amide bonds. The number of rotatable bonds is 0. The normalized spacial score (nSPS) is 11.7. The Labute approximate surface area is 77.0 Å². The SMILES string of the molecule is BrC(Br)(Br)[O][Zr].